The summed E-state index contributed by atoms with van der Waals surface area (Å²) in [5.41, 5.74) is 1.50. The summed E-state index contributed by atoms with van der Waals surface area (Å²) in [6.07, 6.45) is 4.46. The van der Waals surface area contributed by atoms with Crippen molar-refractivity contribution < 1.29 is 19.2 Å². The van der Waals surface area contributed by atoms with Crippen LogP contribution in [0.2, 0.25) is 0 Å². The molecule has 31 heavy (non-hydrogen) atoms. The molecule has 0 saturated carbocycles. The van der Waals surface area contributed by atoms with Crippen LogP contribution in [0.4, 0.5) is 0 Å². The van der Waals surface area contributed by atoms with E-state index in [0.29, 0.717) is 42.6 Å². The van der Waals surface area contributed by atoms with E-state index < -0.39 is 0 Å². The second kappa shape index (κ2) is 8.29. The number of aromatic nitrogens is 1. The zero-order valence-corrected chi connectivity index (χ0v) is 17.5. The fourth-order valence-corrected chi connectivity index (χ4v) is 4.04. The highest BCUT2D eigenvalue weighted by atomic mass is 16.2. The third kappa shape index (κ3) is 3.93. The number of pyridine rings is 1. The minimum absolute atomic E-state index is 0.0608. The number of benzene rings is 1. The zero-order chi connectivity index (χ0) is 22.1. The molecule has 0 spiro atoms. The Morgan fingerprint density at radius 2 is 1.74 bits per heavy atom. The smallest absolute Gasteiger partial charge is 0.261 e. The van der Waals surface area contributed by atoms with E-state index in [1.165, 1.54) is 11.0 Å². The molecule has 0 unspecified atom stereocenters. The monoisotopic (exact) mass is 420 g/mol. The highest BCUT2D eigenvalue weighted by Crippen LogP contribution is 2.26. The van der Waals surface area contributed by atoms with Gasteiger partial charge in [0, 0.05) is 43.1 Å². The molecule has 4 amide bonds. The van der Waals surface area contributed by atoms with Gasteiger partial charge in [-0.25, -0.2) is 0 Å². The SMILES string of the molecule is CC(C)N1C(=O)c2ccc(C(=O)NC3CCN(C(=O)c4cccnc4)CC3)cc2C1=O. The van der Waals surface area contributed by atoms with Crippen molar-refractivity contribution in [2.45, 2.75) is 38.8 Å². The van der Waals surface area contributed by atoms with Gasteiger partial charge in [-0.3, -0.25) is 29.1 Å². The summed E-state index contributed by atoms with van der Waals surface area (Å²) in [6.45, 7) is 4.64. The Bertz CT molecular complexity index is 1040. The van der Waals surface area contributed by atoms with E-state index in [0.717, 1.165) is 0 Å². The number of piperidine rings is 1. The molecule has 1 aromatic heterocycles. The first kappa shape index (κ1) is 20.7. The van der Waals surface area contributed by atoms with Crippen LogP contribution >= 0.6 is 0 Å². The maximum Gasteiger partial charge on any atom is 0.261 e. The summed E-state index contributed by atoms with van der Waals surface area (Å²) in [6, 6.07) is 7.77. The number of fused-ring (bicyclic) bond motifs is 1. The van der Waals surface area contributed by atoms with Crippen LogP contribution in [0, 0.1) is 0 Å². The Hall–Kier alpha value is -3.55. The second-order valence-electron chi connectivity index (χ2n) is 8.12. The summed E-state index contributed by atoms with van der Waals surface area (Å²) in [4.78, 5) is 57.2. The molecule has 2 aliphatic rings. The number of likely N-dealkylation sites (tertiary alicyclic amines) is 1. The van der Waals surface area contributed by atoms with Crippen LogP contribution in [0.3, 0.4) is 0 Å². The zero-order valence-electron chi connectivity index (χ0n) is 17.5. The van der Waals surface area contributed by atoms with Crippen LogP contribution in [0.1, 0.15) is 68.1 Å². The number of nitrogens with zero attached hydrogens (tertiary/aromatic N) is 3. The van der Waals surface area contributed by atoms with Gasteiger partial charge in [0.2, 0.25) is 0 Å². The normalized spacial score (nSPS) is 16.6. The van der Waals surface area contributed by atoms with E-state index in [-0.39, 0.29) is 41.3 Å². The fourth-order valence-electron chi connectivity index (χ4n) is 4.04. The first-order chi connectivity index (χ1) is 14.9. The summed E-state index contributed by atoms with van der Waals surface area (Å²) in [5, 5.41) is 2.99. The topological polar surface area (TPSA) is 99.7 Å². The van der Waals surface area contributed by atoms with Crippen LogP contribution in [0.25, 0.3) is 0 Å². The lowest BCUT2D eigenvalue weighted by Gasteiger charge is -2.32. The Kier molecular flexibility index (Phi) is 5.54. The van der Waals surface area contributed by atoms with Gasteiger partial charge in [-0.05, 0) is 57.0 Å². The molecule has 1 N–H and O–H groups in total. The molecular formula is C23H24N4O4. The summed E-state index contributed by atoms with van der Waals surface area (Å²) >= 11 is 0. The molecule has 4 rings (SSSR count). The number of hydrogen-bond acceptors (Lipinski definition) is 5. The molecule has 0 aliphatic carbocycles. The van der Waals surface area contributed by atoms with Crippen molar-refractivity contribution >= 4 is 23.6 Å². The van der Waals surface area contributed by atoms with Crippen molar-refractivity contribution in [3.8, 4) is 0 Å². The number of imide groups is 1. The minimum Gasteiger partial charge on any atom is -0.349 e. The summed E-state index contributed by atoms with van der Waals surface area (Å²) in [5.74, 6) is -1.04. The van der Waals surface area contributed by atoms with Gasteiger partial charge >= 0.3 is 0 Å². The maximum absolute atomic E-state index is 12.7. The van der Waals surface area contributed by atoms with E-state index in [1.807, 2.05) is 0 Å². The summed E-state index contributed by atoms with van der Waals surface area (Å²) in [7, 11) is 0. The average Bonchev–Trinajstić information content (AvgIpc) is 3.04. The minimum atomic E-state index is -0.369. The highest BCUT2D eigenvalue weighted by Gasteiger charge is 2.37. The number of amides is 4. The molecule has 0 atom stereocenters. The van der Waals surface area contributed by atoms with Crippen molar-refractivity contribution in [2.24, 2.45) is 0 Å². The third-order valence-electron chi connectivity index (χ3n) is 5.72. The van der Waals surface area contributed by atoms with Crippen LogP contribution in [0.5, 0.6) is 0 Å². The number of rotatable bonds is 4. The van der Waals surface area contributed by atoms with Gasteiger partial charge in [-0.2, -0.15) is 0 Å². The molecular weight excluding hydrogens is 396 g/mol. The van der Waals surface area contributed by atoms with Crippen molar-refractivity contribution in [2.75, 3.05) is 13.1 Å². The number of carbonyl (C=O) groups is 4. The van der Waals surface area contributed by atoms with Crippen LogP contribution in [0.15, 0.2) is 42.7 Å². The van der Waals surface area contributed by atoms with E-state index in [1.54, 1.807) is 55.4 Å². The Morgan fingerprint density at radius 3 is 2.39 bits per heavy atom. The standard InChI is InChI=1S/C23H24N4O4/c1-14(2)27-22(30)18-6-5-15(12-19(18)23(27)31)20(28)25-17-7-10-26(11-8-17)21(29)16-4-3-9-24-13-16/h3-6,9,12-14,17H,7-8,10-11H2,1-2H3,(H,25,28). The maximum atomic E-state index is 12.7. The van der Waals surface area contributed by atoms with Gasteiger partial charge in [-0.15, -0.1) is 0 Å². The lowest BCUT2D eigenvalue weighted by Crippen LogP contribution is -2.46. The molecule has 8 nitrogen and oxygen atoms in total. The molecule has 0 radical (unpaired) electrons. The van der Waals surface area contributed by atoms with Gasteiger partial charge in [0.05, 0.1) is 16.7 Å². The molecule has 2 aliphatic heterocycles. The molecule has 160 valence electrons. The molecule has 8 heteroatoms. The molecule has 0 bridgehead atoms. The molecule has 1 saturated heterocycles. The lowest BCUT2D eigenvalue weighted by molar-refractivity contribution is 0.0607. The van der Waals surface area contributed by atoms with E-state index in [9.17, 15) is 19.2 Å². The van der Waals surface area contributed by atoms with Crippen LogP contribution < -0.4 is 5.32 Å². The van der Waals surface area contributed by atoms with Crippen molar-refractivity contribution in [1.29, 1.82) is 0 Å². The van der Waals surface area contributed by atoms with Crippen molar-refractivity contribution in [3.05, 3.63) is 65.0 Å². The van der Waals surface area contributed by atoms with Crippen molar-refractivity contribution in [3.63, 3.8) is 0 Å². The quantitative estimate of drug-likeness (QED) is 0.764. The number of carbonyl (C=O) groups excluding carboxylic acids is 4. The third-order valence-corrected chi connectivity index (χ3v) is 5.72. The largest absolute Gasteiger partial charge is 0.349 e. The van der Waals surface area contributed by atoms with Crippen molar-refractivity contribution in [1.82, 2.24) is 20.1 Å². The molecule has 1 aromatic carbocycles. The molecule has 2 aromatic rings. The predicted octanol–water partition coefficient (Wildman–Crippen LogP) is 2.12. The molecule has 1 fully saturated rings. The fraction of sp³-hybridized carbons (Fsp3) is 0.348. The Balaban J connectivity index is 1.38. The van der Waals surface area contributed by atoms with Crippen LogP contribution in [-0.2, 0) is 0 Å². The first-order valence-corrected chi connectivity index (χ1v) is 10.4. The molecule has 3 heterocycles. The highest BCUT2D eigenvalue weighted by molar-refractivity contribution is 6.22. The Morgan fingerprint density at radius 1 is 1.03 bits per heavy atom. The van der Waals surface area contributed by atoms with E-state index in [2.05, 4.69) is 10.3 Å². The van der Waals surface area contributed by atoms with Gasteiger partial charge in [0.25, 0.3) is 23.6 Å². The van der Waals surface area contributed by atoms with Crippen LogP contribution in [-0.4, -0.2) is 63.6 Å². The average molecular weight is 420 g/mol. The van der Waals surface area contributed by atoms with E-state index in [4.69, 9.17) is 0 Å². The lowest BCUT2D eigenvalue weighted by atomic mass is 10.0. The first-order valence-electron chi connectivity index (χ1n) is 10.4. The van der Waals surface area contributed by atoms with Gasteiger partial charge in [-0.1, -0.05) is 0 Å². The second-order valence-corrected chi connectivity index (χ2v) is 8.12. The van der Waals surface area contributed by atoms with Gasteiger partial charge in [0.15, 0.2) is 0 Å². The predicted molar refractivity (Wildman–Crippen MR) is 113 cm³/mol. The van der Waals surface area contributed by atoms with Gasteiger partial charge < -0.3 is 10.2 Å². The summed E-state index contributed by atoms with van der Waals surface area (Å²) < 4.78 is 0. The van der Waals surface area contributed by atoms with Gasteiger partial charge in [0.1, 0.15) is 0 Å². The number of nitrogens with one attached hydrogen (secondary N) is 1. The Labute approximate surface area is 180 Å². The van der Waals surface area contributed by atoms with E-state index >= 15 is 0 Å². The number of hydrogen-bond donors (Lipinski definition) is 1.